The molecule has 0 bridgehead atoms. The highest BCUT2D eigenvalue weighted by Gasteiger charge is 2.25. The highest BCUT2D eigenvalue weighted by Crippen LogP contribution is 2.35. The summed E-state index contributed by atoms with van der Waals surface area (Å²) < 4.78 is 7.33. The van der Waals surface area contributed by atoms with E-state index in [2.05, 4.69) is 29.9 Å². The molecule has 0 atom stereocenters. The molecule has 0 radical (unpaired) electrons. The van der Waals surface area contributed by atoms with Gasteiger partial charge < -0.3 is 20.1 Å². The van der Waals surface area contributed by atoms with E-state index in [1.165, 1.54) is 0 Å². The van der Waals surface area contributed by atoms with Gasteiger partial charge in [-0.3, -0.25) is 0 Å². The minimum atomic E-state index is -0.187. The standard InChI is InChI=1S/C17H22N4O2/c1-17(2,9-23-3)11-5-4-6-12-13(11)15-14(16(18)20-12)19-10-21(15)7-8-22/h4-6,10,22H,7-9H2,1-3H3,(H2,18,20). The Hall–Kier alpha value is -2.18. The molecule has 0 amide bonds. The second-order valence-corrected chi connectivity index (χ2v) is 6.37. The number of methoxy groups -OCH3 is 1. The van der Waals surface area contributed by atoms with Crippen LogP contribution >= 0.6 is 0 Å². The molecule has 0 aliphatic rings. The summed E-state index contributed by atoms with van der Waals surface area (Å²) >= 11 is 0. The smallest absolute Gasteiger partial charge is 0.152 e. The summed E-state index contributed by atoms with van der Waals surface area (Å²) in [6, 6.07) is 6.03. The zero-order chi connectivity index (χ0) is 16.6. The van der Waals surface area contributed by atoms with E-state index in [9.17, 15) is 5.11 Å². The number of aromatic nitrogens is 3. The van der Waals surface area contributed by atoms with Crippen molar-refractivity contribution in [2.45, 2.75) is 25.8 Å². The van der Waals surface area contributed by atoms with E-state index in [-0.39, 0.29) is 12.0 Å². The highest BCUT2D eigenvalue weighted by atomic mass is 16.5. The molecule has 6 nitrogen and oxygen atoms in total. The lowest BCUT2D eigenvalue weighted by Crippen LogP contribution is -2.24. The Labute approximate surface area is 134 Å². The van der Waals surface area contributed by atoms with Crippen LogP contribution < -0.4 is 5.73 Å². The van der Waals surface area contributed by atoms with Crippen molar-refractivity contribution >= 4 is 27.8 Å². The molecule has 3 N–H and O–H groups in total. The number of rotatable bonds is 5. The van der Waals surface area contributed by atoms with Crippen molar-refractivity contribution in [1.29, 1.82) is 0 Å². The fourth-order valence-electron chi connectivity index (χ4n) is 3.18. The minimum Gasteiger partial charge on any atom is -0.395 e. The van der Waals surface area contributed by atoms with Gasteiger partial charge in [0.15, 0.2) is 5.82 Å². The van der Waals surface area contributed by atoms with Crippen molar-refractivity contribution < 1.29 is 9.84 Å². The molecular formula is C17H22N4O2. The van der Waals surface area contributed by atoms with E-state index < -0.39 is 0 Å². The average Bonchev–Trinajstić information content (AvgIpc) is 2.92. The van der Waals surface area contributed by atoms with Gasteiger partial charge >= 0.3 is 0 Å². The van der Waals surface area contributed by atoms with Gasteiger partial charge in [-0.05, 0) is 11.6 Å². The lowest BCUT2D eigenvalue weighted by atomic mass is 9.83. The van der Waals surface area contributed by atoms with Crippen molar-refractivity contribution in [3.8, 4) is 0 Å². The third-order valence-corrected chi connectivity index (χ3v) is 4.18. The molecule has 6 heteroatoms. The number of imidazole rings is 1. The molecule has 23 heavy (non-hydrogen) atoms. The number of pyridine rings is 1. The van der Waals surface area contributed by atoms with E-state index in [0.29, 0.717) is 24.5 Å². The molecule has 0 saturated carbocycles. The first kappa shape index (κ1) is 15.7. The third kappa shape index (κ3) is 2.54. The van der Waals surface area contributed by atoms with Crippen molar-refractivity contribution in [3.05, 3.63) is 30.1 Å². The van der Waals surface area contributed by atoms with E-state index >= 15 is 0 Å². The van der Waals surface area contributed by atoms with Gasteiger partial charge in [-0.1, -0.05) is 26.0 Å². The van der Waals surface area contributed by atoms with Gasteiger partial charge in [-0.2, -0.15) is 0 Å². The summed E-state index contributed by atoms with van der Waals surface area (Å²) in [6.45, 7) is 5.37. The van der Waals surface area contributed by atoms with E-state index in [1.807, 2.05) is 16.7 Å². The quantitative estimate of drug-likeness (QED) is 0.753. The number of anilines is 1. The summed E-state index contributed by atoms with van der Waals surface area (Å²) in [6.07, 6.45) is 1.71. The van der Waals surface area contributed by atoms with Crippen LogP contribution in [0.2, 0.25) is 0 Å². The minimum absolute atomic E-state index is 0.0405. The Morgan fingerprint density at radius 2 is 2.13 bits per heavy atom. The molecule has 122 valence electrons. The number of hydrogen-bond acceptors (Lipinski definition) is 5. The second-order valence-electron chi connectivity index (χ2n) is 6.37. The van der Waals surface area contributed by atoms with Crippen LogP contribution in [-0.4, -0.2) is 40.0 Å². The normalized spacial score (nSPS) is 12.3. The number of hydrogen-bond donors (Lipinski definition) is 2. The molecule has 3 rings (SSSR count). The van der Waals surface area contributed by atoms with E-state index in [1.54, 1.807) is 13.4 Å². The Kier molecular flexibility index (Phi) is 3.95. The number of aliphatic hydroxyl groups excluding tert-OH is 1. The topological polar surface area (TPSA) is 86.2 Å². The maximum absolute atomic E-state index is 9.34. The van der Waals surface area contributed by atoms with Crippen LogP contribution in [0.25, 0.3) is 21.9 Å². The molecular weight excluding hydrogens is 292 g/mol. The first-order chi connectivity index (χ1) is 11.0. The largest absolute Gasteiger partial charge is 0.395 e. The molecule has 1 aromatic carbocycles. The number of nitrogens with zero attached hydrogens (tertiary/aromatic N) is 3. The number of fused-ring (bicyclic) bond motifs is 3. The Morgan fingerprint density at radius 3 is 2.83 bits per heavy atom. The van der Waals surface area contributed by atoms with Crippen LogP contribution in [-0.2, 0) is 16.7 Å². The number of nitrogen functional groups attached to an aromatic ring is 1. The summed E-state index contributed by atoms with van der Waals surface area (Å²) in [5, 5.41) is 10.4. The molecule has 0 unspecified atom stereocenters. The molecule has 3 aromatic rings. The average molecular weight is 314 g/mol. The van der Waals surface area contributed by atoms with E-state index in [0.717, 1.165) is 22.0 Å². The van der Waals surface area contributed by atoms with Crippen molar-refractivity contribution in [2.24, 2.45) is 0 Å². The maximum Gasteiger partial charge on any atom is 0.152 e. The van der Waals surface area contributed by atoms with Crippen LogP contribution in [0.5, 0.6) is 0 Å². The summed E-state index contributed by atoms with van der Waals surface area (Å²) in [7, 11) is 1.70. The molecule has 0 fully saturated rings. The monoisotopic (exact) mass is 314 g/mol. The van der Waals surface area contributed by atoms with Gasteiger partial charge in [-0.25, -0.2) is 9.97 Å². The van der Waals surface area contributed by atoms with Crippen molar-refractivity contribution in [1.82, 2.24) is 14.5 Å². The van der Waals surface area contributed by atoms with Crippen LogP contribution in [0, 0.1) is 0 Å². The zero-order valence-electron chi connectivity index (χ0n) is 13.7. The summed E-state index contributed by atoms with van der Waals surface area (Å²) in [5.41, 5.74) is 9.44. The lowest BCUT2D eigenvalue weighted by Gasteiger charge is -2.26. The third-order valence-electron chi connectivity index (χ3n) is 4.18. The Balaban J connectivity index is 2.43. The SMILES string of the molecule is COCC(C)(C)c1cccc2nc(N)c3ncn(CCO)c3c12. The Morgan fingerprint density at radius 1 is 1.35 bits per heavy atom. The van der Waals surface area contributed by atoms with Gasteiger partial charge in [0, 0.05) is 24.5 Å². The lowest BCUT2D eigenvalue weighted by molar-refractivity contribution is 0.147. The predicted octanol–water partition coefficient (Wildman–Crippen LogP) is 2.08. The zero-order valence-corrected chi connectivity index (χ0v) is 13.7. The van der Waals surface area contributed by atoms with Gasteiger partial charge in [0.25, 0.3) is 0 Å². The number of ether oxygens (including phenoxy) is 1. The fourth-order valence-corrected chi connectivity index (χ4v) is 3.18. The van der Waals surface area contributed by atoms with Gasteiger partial charge in [0.2, 0.25) is 0 Å². The second kappa shape index (κ2) is 5.79. The molecule has 2 aromatic heterocycles. The molecule has 0 spiro atoms. The molecule has 2 heterocycles. The molecule has 0 saturated heterocycles. The number of nitrogens with two attached hydrogens (primary N) is 1. The van der Waals surface area contributed by atoms with Crippen molar-refractivity contribution in [3.63, 3.8) is 0 Å². The number of benzene rings is 1. The maximum atomic E-state index is 9.34. The molecule has 0 aliphatic heterocycles. The van der Waals surface area contributed by atoms with E-state index in [4.69, 9.17) is 10.5 Å². The van der Waals surface area contributed by atoms with Crippen LogP contribution in [0.1, 0.15) is 19.4 Å². The first-order valence-corrected chi connectivity index (χ1v) is 7.63. The van der Waals surface area contributed by atoms with Crippen molar-refractivity contribution in [2.75, 3.05) is 26.1 Å². The predicted molar refractivity (Wildman–Crippen MR) is 91.4 cm³/mol. The Bertz CT molecular complexity index is 855. The fraction of sp³-hybridized carbons (Fsp3) is 0.412. The summed E-state index contributed by atoms with van der Waals surface area (Å²) in [4.78, 5) is 8.90. The van der Waals surface area contributed by atoms with Crippen LogP contribution in [0.4, 0.5) is 5.82 Å². The van der Waals surface area contributed by atoms with Gasteiger partial charge in [-0.15, -0.1) is 0 Å². The van der Waals surface area contributed by atoms with Gasteiger partial charge in [0.05, 0.1) is 30.6 Å². The number of aliphatic hydroxyl groups is 1. The van der Waals surface area contributed by atoms with Gasteiger partial charge in [0.1, 0.15) is 5.52 Å². The van der Waals surface area contributed by atoms with Crippen LogP contribution in [0.3, 0.4) is 0 Å². The van der Waals surface area contributed by atoms with Crippen LogP contribution in [0.15, 0.2) is 24.5 Å². The summed E-state index contributed by atoms with van der Waals surface area (Å²) in [5.74, 6) is 0.408. The molecule has 0 aliphatic carbocycles. The first-order valence-electron chi connectivity index (χ1n) is 7.63. The highest BCUT2D eigenvalue weighted by molar-refractivity contribution is 6.08.